The highest BCUT2D eigenvalue weighted by Crippen LogP contribution is 2.16. The van der Waals surface area contributed by atoms with Crippen molar-refractivity contribution < 1.29 is 9.72 Å². The Balaban J connectivity index is 1.99. The third-order valence-electron chi connectivity index (χ3n) is 3.13. The summed E-state index contributed by atoms with van der Waals surface area (Å²) in [4.78, 5) is 23.9. The number of amides is 2. The van der Waals surface area contributed by atoms with E-state index in [1.54, 1.807) is 4.90 Å². The first-order chi connectivity index (χ1) is 9.11. The predicted molar refractivity (Wildman–Crippen MR) is 71.2 cm³/mol. The van der Waals surface area contributed by atoms with E-state index in [0.29, 0.717) is 12.2 Å². The van der Waals surface area contributed by atoms with Crippen molar-refractivity contribution in [3.63, 3.8) is 0 Å². The summed E-state index contributed by atoms with van der Waals surface area (Å²) < 4.78 is 0. The molecule has 0 aliphatic carbocycles. The second kappa shape index (κ2) is 5.66. The number of nitrogens with one attached hydrogen (secondary N) is 2. The van der Waals surface area contributed by atoms with Gasteiger partial charge in [0.25, 0.3) is 5.69 Å². The summed E-state index contributed by atoms with van der Waals surface area (Å²) in [5, 5.41) is 16.4. The second-order valence-electron chi connectivity index (χ2n) is 4.33. The molecule has 0 saturated carbocycles. The van der Waals surface area contributed by atoms with E-state index in [4.69, 9.17) is 0 Å². The molecule has 1 aliphatic heterocycles. The van der Waals surface area contributed by atoms with Crippen LogP contribution in [0.1, 0.15) is 6.92 Å². The van der Waals surface area contributed by atoms with Crippen LogP contribution in [0.25, 0.3) is 0 Å². The van der Waals surface area contributed by atoms with E-state index in [-0.39, 0.29) is 17.8 Å². The molecule has 0 aromatic heterocycles. The number of nitro groups is 1. The zero-order valence-electron chi connectivity index (χ0n) is 10.6. The van der Waals surface area contributed by atoms with Gasteiger partial charge >= 0.3 is 6.03 Å². The van der Waals surface area contributed by atoms with Crippen molar-refractivity contribution in [2.45, 2.75) is 13.0 Å². The first kappa shape index (κ1) is 13.3. The Hall–Kier alpha value is -2.15. The molecule has 1 saturated heterocycles. The van der Waals surface area contributed by atoms with E-state index in [0.717, 1.165) is 13.1 Å². The van der Waals surface area contributed by atoms with Gasteiger partial charge in [0, 0.05) is 37.5 Å². The summed E-state index contributed by atoms with van der Waals surface area (Å²) in [6.45, 7) is 4.17. The maximum Gasteiger partial charge on any atom is 0.322 e. The maximum absolute atomic E-state index is 12.0. The quantitative estimate of drug-likeness (QED) is 0.636. The molecular weight excluding hydrogens is 248 g/mol. The minimum Gasteiger partial charge on any atom is -0.319 e. The number of rotatable bonds is 4. The van der Waals surface area contributed by atoms with Crippen molar-refractivity contribution in [2.24, 2.45) is 0 Å². The highest BCUT2D eigenvalue weighted by Gasteiger charge is 2.27. The minimum atomic E-state index is -0.468. The van der Waals surface area contributed by atoms with Crippen LogP contribution in [0.2, 0.25) is 0 Å². The normalized spacial score (nSPS) is 14.6. The fraction of sp³-hybridized carbons (Fsp3) is 0.417. The van der Waals surface area contributed by atoms with Gasteiger partial charge in [-0.05, 0) is 19.1 Å². The number of hydrogen-bond donors (Lipinski definition) is 2. The lowest BCUT2D eigenvalue weighted by atomic mass is 10.1. The smallest absolute Gasteiger partial charge is 0.319 e. The molecule has 102 valence electrons. The minimum absolute atomic E-state index is 0.00791. The summed E-state index contributed by atoms with van der Waals surface area (Å²) in [6.07, 6.45) is 0. The van der Waals surface area contributed by atoms with Crippen molar-refractivity contribution in [2.75, 3.05) is 25.0 Å². The van der Waals surface area contributed by atoms with Gasteiger partial charge in [-0.25, -0.2) is 4.79 Å². The predicted octanol–water partition coefficient (Wildman–Crippen LogP) is 1.42. The van der Waals surface area contributed by atoms with Crippen molar-refractivity contribution in [3.8, 4) is 0 Å². The van der Waals surface area contributed by atoms with Crippen LogP contribution in [0.15, 0.2) is 24.3 Å². The van der Waals surface area contributed by atoms with Crippen LogP contribution < -0.4 is 10.6 Å². The zero-order chi connectivity index (χ0) is 13.8. The van der Waals surface area contributed by atoms with E-state index in [1.807, 2.05) is 6.92 Å². The van der Waals surface area contributed by atoms with Crippen LogP contribution >= 0.6 is 0 Å². The Morgan fingerprint density at radius 1 is 1.47 bits per heavy atom. The summed E-state index contributed by atoms with van der Waals surface area (Å²) in [6, 6.07) is 5.85. The fourth-order valence-electron chi connectivity index (χ4n) is 1.92. The molecule has 0 atom stereocenters. The Kier molecular flexibility index (Phi) is 3.96. The molecule has 1 heterocycles. The van der Waals surface area contributed by atoms with Crippen molar-refractivity contribution in [3.05, 3.63) is 34.4 Å². The summed E-state index contributed by atoms with van der Waals surface area (Å²) in [5.74, 6) is 0. The molecule has 2 rings (SSSR count). The van der Waals surface area contributed by atoms with Crippen LogP contribution in [0.5, 0.6) is 0 Å². The van der Waals surface area contributed by atoms with E-state index < -0.39 is 4.92 Å². The average molecular weight is 264 g/mol. The van der Waals surface area contributed by atoms with Crippen molar-refractivity contribution >= 4 is 17.4 Å². The summed E-state index contributed by atoms with van der Waals surface area (Å²) in [5.41, 5.74) is 0.565. The van der Waals surface area contributed by atoms with E-state index in [1.165, 1.54) is 24.3 Å². The molecule has 0 bridgehead atoms. The van der Waals surface area contributed by atoms with Crippen LogP contribution in [-0.2, 0) is 0 Å². The lowest BCUT2D eigenvalue weighted by Crippen LogP contribution is -2.59. The number of likely N-dealkylation sites (N-methyl/N-ethyl adjacent to an activating group) is 1. The van der Waals surface area contributed by atoms with Gasteiger partial charge in [0.2, 0.25) is 0 Å². The number of anilines is 1. The Bertz CT molecular complexity index is 470. The highest BCUT2D eigenvalue weighted by molar-refractivity contribution is 5.89. The monoisotopic (exact) mass is 264 g/mol. The van der Waals surface area contributed by atoms with Gasteiger partial charge in [-0.1, -0.05) is 0 Å². The first-order valence-electron chi connectivity index (χ1n) is 6.14. The maximum atomic E-state index is 12.0. The number of carbonyl (C=O) groups excluding carboxylic acids is 1. The number of hydrogen-bond acceptors (Lipinski definition) is 4. The summed E-state index contributed by atoms with van der Waals surface area (Å²) in [7, 11) is 0. The van der Waals surface area contributed by atoms with Gasteiger partial charge in [-0.15, -0.1) is 0 Å². The molecule has 0 radical (unpaired) electrons. The van der Waals surface area contributed by atoms with Gasteiger partial charge in [0.05, 0.1) is 11.0 Å². The summed E-state index contributed by atoms with van der Waals surface area (Å²) >= 11 is 0. The lowest BCUT2D eigenvalue weighted by molar-refractivity contribution is -0.384. The molecular formula is C12H16N4O3. The Labute approximate surface area is 110 Å². The van der Waals surface area contributed by atoms with Gasteiger partial charge in [0.15, 0.2) is 0 Å². The fourth-order valence-corrected chi connectivity index (χ4v) is 1.92. The van der Waals surface area contributed by atoms with Crippen LogP contribution in [0.3, 0.4) is 0 Å². The van der Waals surface area contributed by atoms with Gasteiger partial charge in [-0.2, -0.15) is 0 Å². The third kappa shape index (κ3) is 3.00. The van der Waals surface area contributed by atoms with Crippen LogP contribution in [0, 0.1) is 10.1 Å². The molecule has 2 amide bonds. The second-order valence-corrected chi connectivity index (χ2v) is 4.33. The van der Waals surface area contributed by atoms with Crippen molar-refractivity contribution in [1.29, 1.82) is 0 Å². The molecule has 1 fully saturated rings. The number of nitro benzene ring substituents is 1. The average Bonchev–Trinajstić information content (AvgIpc) is 2.33. The molecule has 19 heavy (non-hydrogen) atoms. The Morgan fingerprint density at radius 2 is 2.11 bits per heavy atom. The molecule has 1 aromatic rings. The van der Waals surface area contributed by atoms with Gasteiger partial charge in [0.1, 0.15) is 0 Å². The number of urea groups is 1. The van der Waals surface area contributed by atoms with E-state index >= 15 is 0 Å². The molecule has 0 spiro atoms. The topological polar surface area (TPSA) is 87.5 Å². The van der Waals surface area contributed by atoms with Gasteiger partial charge < -0.3 is 15.5 Å². The van der Waals surface area contributed by atoms with Crippen molar-refractivity contribution in [1.82, 2.24) is 10.2 Å². The highest BCUT2D eigenvalue weighted by atomic mass is 16.6. The standard InChI is InChI=1S/C12H16N4O3/c1-2-15(11-7-13-8-11)12(17)14-9-3-5-10(6-4-9)16(18)19/h3-6,11,13H,2,7-8H2,1H3,(H,14,17). The van der Waals surface area contributed by atoms with Gasteiger partial charge in [-0.3, -0.25) is 10.1 Å². The third-order valence-corrected chi connectivity index (χ3v) is 3.13. The van der Waals surface area contributed by atoms with Crippen LogP contribution in [-0.4, -0.2) is 41.5 Å². The largest absolute Gasteiger partial charge is 0.322 e. The SMILES string of the molecule is CCN(C(=O)Nc1ccc([N+](=O)[O-])cc1)C1CNC1. The zero-order valence-corrected chi connectivity index (χ0v) is 10.6. The number of carbonyl (C=O) groups is 1. The molecule has 2 N–H and O–H groups in total. The number of non-ortho nitro benzene ring substituents is 1. The van der Waals surface area contributed by atoms with Crippen LogP contribution in [0.4, 0.5) is 16.2 Å². The molecule has 1 aromatic carbocycles. The number of nitrogens with zero attached hydrogens (tertiary/aromatic N) is 2. The number of benzene rings is 1. The lowest BCUT2D eigenvalue weighted by Gasteiger charge is -2.37. The molecule has 0 unspecified atom stereocenters. The Morgan fingerprint density at radius 3 is 2.53 bits per heavy atom. The molecule has 7 nitrogen and oxygen atoms in total. The molecule has 7 heteroatoms. The molecule has 1 aliphatic rings. The van der Waals surface area contributed by atoms with E-state index in [2.05, 4.69) is 10.6 Å². The first-order valence-corrected chi connectivity index (χ1v) is 6.14. The van der Waals surface area contributed by atoms with E-state index in [9.17, 15) is 14.9 Å².